The van der Waals surface area contributed by atoms with Crippen LogP contribution in [0.15, 0.2) is 95.9 Å². The van der Waals surface area contributed by atoms with Crippen molar-refractivity contribution >= 4 is 39.1 Å². The zero-order valence-corrected chi connectivity index (χ0v) is 21.6. The molecule has 1 aliphatic carbocycles. The van der Waals surface area contributed by atoms with Crippen molar-refractivity contribution < 1.29 is 13.2 Å². The summed E-state index contributed by atoms with van der Waals surface area (Å²) < 4.78 is 28.5. The van der Waals surface area contributed by atoms with Crippen LogP contribution in [0.25, 0.3) is 11.1 Å². The lowest BCUT2D eigenvalue weighted by molar-refractivity contribution is -0.113. The molecule has 0 spiro atoms. The Labute approximate surface area is 216 Å². The molecule has 0 radical (unpaired) electrons. The molecule has 0 bridgehead atoms. The van der Waals surface area contributed by atoms with Crippen LogP contribution in [0.1, 0.15) is 27.5 Å². The molecular formula is C29H26N2O3S2. The van der Waals surface area contributed by atoms with Crippen LogP contribution in [0.5, 0.6) is 0 Å². The van der Waals surface area contributed by atoms with E-state index in [1.165, 1.54) is 34.4 Å². The minimum atomic E-state index is -3.75. The van der Waals surface area contributed by atoms with Crippen LogP contribution in [0, 0.1) is 13.8 Å². The standard InChI is InChI=1S/C29H26N2O3S2/c1-19-8-7-9-20(2)28(19)31-36(33,34)22-16-14-21(15-17-22)30-27(32)18-35-29-25-12-5-3-10-23(25)24-11-4-6-13-26(24)29/h3-17,29,31H,18H2,1-2H3,(H,30,32). The summed E-state index contributed by atoms with van der Waals surface area (Å²) in [5.41, 5.74) is 7.74. The Morgan fingerprint density at radius 3 is 1.92 bits per heavy atom. The maximum Gasteiger partial charge on any atom is 0.261 e. The highest BCUT2D eigenvalue weighted by molar-refractivity contribution is 8.00. The Morgan fingerprint density at radius 1 is 0.778 bits per heavy atom. The molecule has 0 atom stereocenters. The van der Waals surface area contributed by atoms with Crippen LogP contribution in [0.3, 0.4) is 0 Å². The zero-order chi connectivity index (χ0) is 25.3. The van der Waals surface area contributed by atoms with Gasteiger partial charge in [-0.3, -0.25) is 9.52 Å². The maximum atomic E-state index is 12.9. The van der Waals surface area contributed by atoms with Crippen molar-refractivity contribution in [1.82, 2.24) is 0 Å². The van der Waals surface area contributed by atoms with Gasteiger partial charge >= 0.3 is 0 Å². The van der Waals surface area contributed by atoms with Crippen molar-refractivity contribution in [3.8, 4) is 11.1 Å². The molecular weight excluding hydrogens is 488 g/mol. The number of anilines is 2. The number of hydrogen-bond acceptors (Lipinski definition) is 4. The molecule has 182 valence electrons. The Hall–Kier alpha value is -3.55. The van der Waals surface area contributed by atoms with Crippen molar-refractivity contribution in [2.24, 2.45) is 0 Å². The van der Waals surface area contributed by atoms with Gasteiger partial charge in [0.15, 0.2) is 0 Å². The molecule has 7 heteroatoms. The molecule has 0 fully saturated rings. The van der Waals surface area contributed by atoms with Gasteiger partial charge in [0.2, 0.25) is 5.91 Å². The minimum absolute atomic E-state index is 0.103. The van der Waals surface area contributed by atoms with Crippen LogP contribution in [-0.2, 0) is 14.8 Å². The molecule has 0 saturated heterocycles. The van der Waals surface area contributed by atoms with E-state index in [1.54, 1.807) is 23.9 Å². The first kappa shape index (κ1) is 24.2. The summed E-state index contributed by atoms with van der Waals surface area (Å²) in [7, 11) is -3.75. The molecule has 1 aliphatic rings. The topological polar surface area (TPSA) is 75.3 Å². The minimum Gasteiger partial charge on any atom is -0.325 e. The molecule has 5 rings (SSSR count). The lowest BCUT2D eigenvalue weighted by atomic mass is 10.1. The number of nitrogens with one attached hydrogen (secondary N) is 2. The van der Waals surface area contributed by atoms with Crippen molar-refractivity contribution in [3.63, 3.8) is 0 Å². The lowest BCUT2D eigenvalue weighted by Gasteiger charge is -2.14. The van der Waals surface area contributed by atoms with Crippen LogP contribution in [0.2, 0.25) is 0 Å². The van der Waals surface area contributed by atoms with Crippen LogP contribution >= 0.6 is 11.8 Å². The fourth-order valence-corrected chi connectivity index (χ4v) is 6.89. The van der Waals surface area contributed by atoms with Crippen LogP contribution in [-0.4, -0.2) is 20.1 Å². The summed E-state index contributed by atoms with van der Waals surface area (Å²) in [5, 5.41) is 2.99. The summed E-state index contributed by atoms with van der Waals surface area (Å²) in [6, 6.07) is 28.5. The number of aryl methyl sites for hydroxylation is 2. The fourth-order valence-electron chi connectivity index (χ4n) is 4.53. The predicted molar refractivity (Wildman–Crippen MR) is 148 cm³/mol. The molecule has 4 aromatic carbocycles. The Kier molecular flexibility index (Phi) is 6.60. The highest BCUT2D eigenvalue weighted by Crippen LogP contribution is 2.49. The summed E-state index contributed by atoms with van der Waals surface area (Å²) in [4.78, 5) is 12.9. The number of para-hydroxylation sites is 1. The van der Waals surface area contributed by atoms with Gasteiger partial charge in [0.1, 0.15) is 0 Å². The van der Waals surface area contributed by atoms with Crippen molar-refractivity contribution in [2.75, 3.05) is 15.8 Å². The lowest BCUT2D eigenvalue weighted by Crippen LogP contribution is -2.16. The number of benzene rings is 4. The third kappa shape index (κ3) is 4.76. The fraction of sp³-hybridized carbons (Fsp3) is 0.138. The predicted octanol–water partition coefficient (Wildman–Crippen LogP) is 6.55. The number of thioether (sulfide) groups is 1. The van der Waals surface area contributed by atoms with Crippen LogP contribution in [0.4, 0.5) is 11.4 Å². The second kappa shape index (κ2) is 9.84. The highest BCUT2D eigenvalue weighted by Gasteiger charge is 2.28. The summed E-state index contributed by atoms with van der Waals surface area (Å²) >= 11 is 1.59. The average Bonchev–Trinajstić information content (AvgIpc) is 3.19. The largest absolute Gasteiger partial charge is 0.325 e. The normalized spacial score (nSPS) is 12.6. The van der Waals surface area contributed by atoms with Gasteiger partial charge in [-0.15, -0.1) is 11.8 Å². The van der Waals surface area contributed by atoms with E-state index in [9.17, 15) is 13.2 Å². The summed E-state index contributed by atoms with van der Waals surface area (Å²) in [5.74, 6) is 0.146. The third-order valence-electron chi connectivity index (χ3n) is 6.32. The molecule has 0 unspecified atom stereocenters. The quantitative estimate of drug-likeness (QED) is 0.293. The van der Waals surface area contributed by atoms with E-state index < -0.39 is 10.0 Å². The van der Waals surface area contributed by atoms with E-state index in [2.05, 4.69) is 34.3 Å². The van der Waals surface area contributed by atoms with Gasteiger partial charge in [-0.1, -0.05) is 66.7 Å². The molecule has 36 heavy (non-hydrogen) atoms. The van der Waals surface area contributed by atoms with E-state index in [4.69, 9.17) is 0 Å². The van der Waals surface area contributed by atoms with E-state index in [0.717, 1.165) is 11.1 Å². The molecule has 2 N–H and O–H groups in total. The molecule has 5 nitrogen and oxygen atoms in total. The number of amides is 1. The van der Waals surface area contributed by atoms with E-state index >= 15 is 0 Å². The number of carbonyl (C=O) groups is 1. The maximum absolute atomic E-state index is 12.9. The molecule has 0 aromatic heterocycles. The van der Waals surface area contributed by atoms with Gasteiger partial charge in [0, 0.05) is 5.69 Å². The molecule has 1 amide bonds. The average molecular weight is 515 g/mol. The van der Waals surface area contributed by atoms with Gasteiger partial charge in [-0.05, 0) is 71.5 Å². The second-order valence-electron chi connectivity index (χ2n) is 8.81. The Bertz CT molecular complexity index is 1480. The number of carbonyl (C=O) groups excluding carboxylic acids is 1. The Balaban J connectivity index is 1.24. The monoisotopic (exact) mass is 514 g/mol. The number of hydrogen-bond donors (Lipinski definition) is 2. The molecule has 0 heterocycles. The first-order chi connectivity index (χ1) is 17.3. The zero-order valence-electron chi connectivity index (χ0n) is 20.0. The van der Waals surface area contributed by atoms with E-state index in [1.807, 2.05) is 56.3 Å². The highest BCUT2D eigenvalue weighted by atomic mass is 32.2. The van der Waals surface area contributed by atoms with Gasteiger partial charge in [0.25, 0.3) is 10.0 Å². The van der Waals surface area contributed by atoms with Crippen molar-refractivity contribution in [3.05, 3.63) is 113 Å². The smallest absolute Gasteiger partial charge is 0.261 e. The van der Waals surface area contributed by atoms with Gasteiger partial charge in [-0.25, -0.2) is 8.42 Å². The van der Waals surface area contributed by atoms with Gasteiger partial charge < -0.3 is 5.32 Å². The molecule has 0 aliphatic heterocycles. The van der Waals surface area contributed by atoms with Gasteiger partial charge in [0.05, 0.1) is 21.6 Å². The van der Waals surface area contributed by atoms with E-state index in [0.29, 0.717) is 11.4 Å². The van der Waals surface area contributed by atoms with E-state index in [-0.39, 0.29) is 21.8 Å². The number of sulfonamides is 1. The van der Waals surface area contributed by atoms with Crippen molar-refractivity contribution in [2.45, 2.75) is 24.0 Å². The Morgan fingerprint density at radius 2 is 1.33 bits per heavy atom. The SMILES string of the molecule is Cc1cccc(C)c1NS(=O)(=O)c1ccc(NC(=O)CSC2c3ccccc3-c3ccccc32)cc1. The first-order valence-electron chi connectivity index (χ1n) is 11.6. The molecule has 4 aromatic rings. The number of fused-ring (bicyclic) bond motifs is 3. The first-order valence-corrected chi connectivity index (χ1v) is 14.2. The molecule has 0 saturated carbocycles. The van der Waals surface area contributed by atoms with Crippen molar-refractivity contribution in [1.29, 1.82) is 0 Å². The summed E-state index contributed by atoms with van der Waals surface area (Å²) in [6.45, 7) is 3.73. The van der Waals surface area contributed by atoms with Crippen LogP contribution < -0.4 is 10.0 Å². The second-order valence-corrected chi connectivity index (χ2v) is 11.6. The number of rotatable bonds is 7. The van der Waals surface area contributed by atoms with Gasteiger partial charge in [-0.2, -0.15) is 0 Å². The third-order valence-corrected chi connectivity index (χ3v) is 8.96. The summed E-state index contributed by atoms with van der Waals surface area (Å²) in [6.07, 6.45) is 0.